The SMILES string of the molecule is NCCc1nc2c(s1)CC(=O)CC2. The number of aryl methyl sites for hydroxylation is 1. The Hall–Kier alpha value is -0.740. The van der Waals surface area contributed by atoms with E-state index in [2.05, 4.69) is 4.98 Å². The molecular formula is C9H12N2OS. The molecule has 1 aliphatic carbocycles. The summed E-state index contributed by atoms with van der Waals surface area (Å²) >= 11 is 1.65. The van der Waals surface area contributed by atoms with E-state index in [1.54, 1.807) is 11.3 Å². The Kier molecular flexibility index (Phi) is 2.42. The van der Waals surface area contributed by atoms with Gasteiger partial charge < -0.3 is 5.73 Å². The van der Waals surface area contributed by atoms with Gasteiger partial charge in [-0.25, -0.2) is 4.98 Å². The number of aromatic nitrogens is 1. The highest BCUT2D eigenvalue weighted by molar-refractivity contribution is 7.11. The number of carbonyl (C=O) groups excluding carboxylic acids is 1. The van der Waals surface area contributed by atoms with Gasteiger partial charge in [0.25, 0.3) is 0 Å². The maximum absolute atomic E-state index is 11.1. The second-order valence-corrected chi connectivity index (χ2v) is 4.40. The van der Waals surface area contributed by atoms with Crippen molar-refractivity contribution in [2.45, 2.75) is 25.7 Å². The van der Waals surface area contributed by atoms with Crippen molar-refractivity contribution >= 4 is 17.1 Å². The summed E-state index contributed by atoms with van der Waals surface area (Å²) in [6.07, 6.45) is 2.93. The third-order valence-corrected chi connectivity index (χ3v) is 3.34. The third-order valence-electron chi connectivity index (χ3n) is 2.18. The van der Waals surface area contributed by atoms with E-state index in [1.165, 1.54) is 4.88 Å². The predicted octanol–water partition coefficient (Wildman–Crippen LogP) is 0.702. The second-order valence-electron chi connectivity index (χ2n) is 3.23. The van der Waals surface area contributed by atoms with Crippen LogP contribution in [-0.4, -0.2) is 17.3 Å². The van der Waals surface area contributed by atoms with E-state index in [0.717, 1.165) is 23.5 Å². The molecule has 70 valence electrons. The number of Topliss-reactive ketones (excluding diaryl/α,β-unsaturated/α-hetero) is 1. The monoisotopic (exact) mass is 196 g/mol. The Balaban J connectivity index is 2.23. The normalized spacial score (nSPS) is 15.9. The van der Waals surface area contributed by atoms with Gasteiger partial charge in [0.2, 0.25) is 0 Å². The van der Waals surface area contributed by atoms with Crippen molar-refractivity contribution in [3.05, 3.63) is 15.6 Å². The fraction of sp³-hybridized carbons (Fsp3) is 0.556. The summed E-state index contributed by atoms with van der Waals surface area (Å²) in [6.45, 7) is 0.639. The first-order valence-electron chi connectivity index (χ1n) is 4.49. The fourth-order valence-corrected chi connectivity index (χ4v) is 2.68. The Morgan fingerprint density at radius 3 is 3.08 bits per heavy atom. The molecule has 1 heterocycles. The molecular weight excluding hydrogens is 184 g/mol. The number of hydrogen-bond acceptors (Lipinski definition) is 4. The number of ketones is 1. The summed E-state index contributed by atoms with van der Waals surface area (Å²) in [6, 6.07) is 0. The Morgan fingerprint density at radius 2 is 2.31 bits per heavy atom. The van der Waals surface area contributed by atoms with Crippen LogP contribution in [0.4, 0.5) is 0 Å². The van der Waals surface area contributed by atoms with Crippen LogP contribution in [-0.2, 0) is 24.1 Å². The topological polar surface area (TPSA) is 56.0 Å². The first kappa shape index (κ1) is 8.84. The lowest BCUT2D eigenvalue weighted by Gasteiger charge is -2.06. The molecule has 13 heavy (non-hydrogen) atoms. The first-order chi connectivity index (χ1) is 6.29. The van der Waals surface area contributed by atoms with Crippen LogP contribution in [0, 0.1) is 0 Å². The predicted molar refractivity (Wildman–Crippen MR) is 51.9 cm³/mol. The molecule has 1 aliphatic rings. The zero-order valence-corrected chi connectivity index (χ0v) is 8.19. The Labute approximate surface area is 81.0 Å². The molecule has 2 N–H and O–H groups in total. The number of carbonyl (C=O) groups is 1. The van der Waals surface area contributed by atoms with Crippen LogP contribution in [0.15, 0.2) is 0 Å². The van der Waals surface area contributed by atoms with Gasteiger partial charge in [-0.2, -0.15) is 0 Å². The van der Waals surface area contributed by atoms with Gasteiger partial charge in [0.1, 0.15) is 5.78 Å². The zero-order valence-electron chi connectivity index (χ0n) is 7.38. The second kappa shape index (κ2) is 3.55. The summed E-state index contributed by atoms with van der Waals surface area (Å²) < 4.78 is 0. The number of thiazole rings is 1. The number of fused-ring (bicyclic) bond motifs is 1. The van der Waals surface area contributed by atoms with Gasteiger partial charge in [-0.15, -0.1) is 11.3 Å². The zero-order chi connectivity index (χ0) is 9.26. The summed E-state index contributed by atoms with van der Waals surface area (Å²) in [4.78, 5) is 16.8. The largest absolute Gasteiger partial charge is 0.330 e. The molecule has 0 aromatic carbocycles. The molecule has 0 atom stereocenters. The highest BCUT2D eigenvalue weighted by Gasteiger charge is 2.19. The maximum Gasteiger partial charge on any atom is 0.138 e. The van der Waals surface area contributed by atoms with Crippen LogP contribution in [0.25, 0.3) is 0 Å². The van der Waals surface area contributed by atoms with Crippen molar-refractivity contribution < 1.29 is 4.79 Å². The lowest BCUT2D eigenvalue weighted by atomic mass is 10.0. The number of hydrogen-bond donors (Lipinski definition) is 1. The van der Waals surface area contributed by atoms with Crippen LogP contribution in [0.1, 0.15) is 22.0 Å². The standard InChI is InChI=1S/C9H12N2OS/c10-4-3-9-11-7-2-1-6(12)5-8(7)13-9/h1-5,10H2. The van der Waals surface area contributed by atoms with Gasteiger partial charge in [0.15, 0.2) is 0 Å². The van der Waals surface area contributed by atoms with Gasteiger partial charge in [-0.3, -0.25) is 4.79 Å². The number of nitrogens with two attached hydrogens (primary N) is 1. The molecule has 4 heteroatoms. The summed E-state index contributed by atoms with van der Waals surface area (Å²) in [5, 5.41) is 1.09. The van der Waals surface area contributed by atoms with E-state index in [1.807, 2.05) is 0 Å². The van der Waals surface area contributed by atoms with Gasteiger partial charge >= 0.3 is 0 Å². The molecule has 0 spiro atoms. The highest BCUT2D eigenvalue weighted by Crippen LogP contribution is 2.25. The van der Waals surface area contributed by atoms with Crippen molar-refractivity contribution in [3.63, 3.8) is 0 Å². The van der Waals surface area contributed by atoms with Crippen molar-refractivity contribution in [1.82, 2.24) is 4.98 Å². The average Bonchev–Trinajstić information content (AvgIpc) is 2.46. The van der Waals surface area contributed by atoms with Crippen LogP contribution < -0.4 is 5.73 Å². The lowest BCUT2D eigenvalue weighted by Crippen LogP contribution is -2.11. The molecule has 0 aliphatic heterocycles. The molecule has 0 amide bonds. The first-order valence-corrected chi connectivity index (χ1v) is 5.30. The lowest BCUT2D eigenvalue weighted by molar-refractivity contribution is -0.118. The number of nitrogens with zero attached hydrogens (tertiary/aromatic N) is 1. The van der Waals surface area contributed by atoms with Gasteiger partial charge in [0, 0.05) is 24.1 Å². The minimum atomic E-state index is 0.343. The summed E-state index contributed by atoms with van der Waals surface area (Å²) in [5.74, 6) is 0.343. The van der Waals surface area contributed by atoms with Crippen molar-refractivity contribution in [2.24, 2.45) is 5.73 Å². The van der Waals surface area contributed by atoms with E-state index in [-0.39, 0.29) is 0 Å². The Bertz CT molecular complexity index is 332. The van der Waals surface area contributed by atoms with E-state index < -0.39 is 0 Å². The van der Waals surface area contributed by atoms with Crippen molar-refractivity contribution in [3.8, 4) is 0 Å². The quantitative estimate of drug-likeness (QED) is 0.757. The van der Waals surface area contributed by atoms with Crippen LogP contribution in [0.5, 0.6) is 0 Å². The molecule has 0 bridgehead atoms. The van der Waals surface area contributed by atoms with Gasteiger partial charge in [0.05, 0.1) is 10.7 Å². The van der Waals surface area contributed by atoms with Gasteiger partial charge in [-0.1, -0.05) is 0 Å². The molecule has 0 radical (unpaired) electrons. The minimum absolute atomic E-state index is 0.343. The molecule has 0 unspecified atom stereocenters. The Morgan fingerprint density at radius 1 is 1.46 bits per heavy atom. The molecule has 2 rings (SSSR count). The summed E-state index contributed by atoms with van der Waals surface area (Å²) in [7, 11) is 0. The smallest absolute Gasteiger partial charge is 0.138 e. The van der Waals surface area contributed by atoms with E-state index >= 15 is 0 Å². The van der Waals surface area contributed by atoms with Crippen molar-refractivity contribution in [2.75, 3.05) is 6.54 Å². The molecule has 0 fully saturated rings. The maximum atomic E-state index is 11.1. The van der Waals surface area contributed by atoms with Crippen LogP contribution in [0.3, 0.4) is 0 Å². The molecule has 0 saturated carbocycles. The number of rotatable bonds is 2. The van der Waals surface area contributed by atoms with E-state index in [9.17, 15) is 4.79 Å². The molecule has 0 saturated heterocycles. The minimum Gasteiger partial charge on any atom is -0.330 e. The molecule has 1 aromatic heterocycles. The van der Waals surface area contributed by atoms with Gasteiger partial charge in [-0.05, 0) is 13.0 Å². The summed E-state index contributed by atoms with van der Waals surface area (Å²) in [5.41, 5.74) is 6.58. The molecule has 1 aromatic rings. The van der Waals surface area contributed by atoms with Crippen molar-refractivity contribution in [1.29, 1.82) is 0 Å². The molecule has 3 nitrogen and oxygen atoms in total. The highest BCUT2D eigenvalue weighted by atomic mass is 32.1. The van der Waals surface area contributed by atoms with E-state index in [4.69, 9.17) is 5.73 Å². The fourth-order valence-electron chi connectivity index (χ4n) is 1.53. The van der Waals surface area contributed by atoms with Crippen LogP contribution >= 0.6 is 11.3 Å². The third kappa shape index (κ3) is 1.78. The average molecular weight is 196 g/mol. The van der Waals surface area contributed by atoms with Crippen LogP contribution in [0.2, 0.25) is 0 Å². The van der Waals surface area contributed by atoms with E-state index in [0.29, 0.717) is 25.2 Å².